The second-order valence-electron chi connectivity index (χ2n) is 5.06. The van der Waals surface area contributed by atoms with Crippen LogP contribution in [0, 0.1) is 0 Å². The summed E-state index contributed by atoms with van der Waals surface area (Å²) in [6, 6.07) is 3.00. The van der Waals surface area contributed by atoms with Crippen LogP contribution in [0.15, 0.2) is 27.7 Å². The van der Waals surface area contributed by atoms with Gasteiger partial charge in [-0.25, -0.2) is 0 Å². The van der Waals surface area contributed by atoms with E-state index in [9.17, 15) is 19.5 Å². The Morgan fingerprint density at radius 1 is 1.48 bits per heavy atom. The molecule has 3 amide bonds. The summed E-state index contributed by atoms with van der Waals surface area (Å²) >= 11 is 2.31. The lowest BCUT2D eigenvalue weighted by atomic mass is 10.2. The fourth-order valence-corrected chi connectivity index (χ4v) is 4.20. The molecule has 3 heterocycles. The molecule has 122 valence electrons. The summed E-state index contributed by atoms with van der Waals surface area (Å²) in [5, 5.41) is 11.8. The Labute approximate surface area is 140 Å². The average Bonchev–Trinajstić information content (AvgIpc) is 3.20. The first-order valence-corrected chi connectivity index (χ1v) is 8.86. The first-order valence-electron chi connectivity index (χ1n) is 6.88. The first-order chi connectivity index (χ1) is 11.0. The third-order valence-corrected chi connectivity index (χ3v) is 5.47. The third-order valence-electron chi connectivity index (χ3n) is 3.39. The molecule has 0 unspecified atom stereocenters. The van der Waals surface area contributed by atoms with Crippen LogP contribution in [-0.2, 0) is 9.59 Å². The standard InChI is InChI=1S/C14H14N2O5S2/c17-10-7-22-6-9(10)15-12(18)5-16-13(19)11(23-14(16)20)4-8-2-1-3-21-8/h1-4,9-10,17H,5-7H2,(H,15,18)/b11-4-/t9-,10-/m0/s1. The van der Waals surface area contributed by atoms with Crippen molar-refractivity contribution in [3.63, 3.8) is 0 Å². The predicted octanol–water partition coefficient (Wildman–Crippen LogP) is 0.908. The molecule has 2 N–H and O–H groups in total. The lowest BCUT2D eigenvalue weighted by molar-refractivity contribution is -0.129. The molecule has 0 spiro atoms. The number of carbonyl (C=O) groups is 3. The number of hydrogen-bond donors (Lipinski definition) is 2. The van der Waals surface area contributed by atoms with Crippen molar-refractivity contribution in [2.75, 3.05) is 18.1 Å². The van der Waals surface area contributed by atoms with Gasteiger partial charge in [-0.15, -0.1) is 0 Å². The molecule has 0 saturated carbocycles. The molecule has 2 atom stereocenters. The Morgan fingerprint density at radius 3 is 2.96 bits per heavy atom. The lowest BCUT2D eigenvalue weighted by Gasteiger charge is -2.18. The predicted molar refractivity (Wildman–Crippen MR) is 86.6 cm³/mol. The second kappa shape index (κ2) is 6.81. The van der Waals surface area contributed by atoms with Gasteiger partial charge in [0, 0.05) is 17.6 Å². The number of rotatable bonds is 4. The number of imide groups is 1. The number of nitrogens with one attached hydrogen (secondary N) is 1. The van der Waals surface area contributed by atoms with Crippen LogP contribution in [0.5, 0.6) is 0 Å². The number of nitrogens with zero attached hydrogens (tertiary/aromatic N) is 1. The highest BCUT2D eigenvalue weighted by atomic mass is 32.2. The van der Waals surface area contributed by atoms with Crippen molar-refractivity contribution >= 4 is 46.7 Å². The quantitative estimate of drug-likeness (QED) is 0.775. The first kappa shape index (κ1) is 16.2. The summed E-state index contributed by atoms with van der Waals surface area (Å²) in [4.78, 5) is 37.2. The van der Waals surface area contributed by atoms with E-state index in [4.69, 9.17) is 4.42 Å². The highest BCUT2D eigenvalue weighted by Gasteiger charge is 2.37. The Balaban J connectivity index is 1.62. The molecule has 2 saturated heterocycles. The molecule has 2 aliphatic rings. The van der Waals surface area contributed by atoms with E-state index in [-0.39, 0.29) is 17.5 Å². The number of thioether (sulfide) groups is 2. The van der Waals surface area contributed by atoms with Crippen LogP contribution >= 0.6 is 23.5 Å². The summed E-state index contributed by atoms with van der Waals surface area (Å²) in [5.41, 5.74) is 0. The van der Waals surface area contributed by atoms with Crippen molar-refractivity contribution < 1.29 is 23.9 Å². The normalized spacial score (nSPS) is 26.3. The van der Waals surface area contributed by atoms with Gasteiger partial charge in [0.1, 0.15) is 12.3 Å². The lowest BCUT2D eigenvalue weighted by Crippen LogP contribution is -2.47. The maximum atomic E-state index is 12.2. The van der Waals surface area contributed by atoms with Gasteiger partial charge in [0.25, 0.3) is 11.1 Å². The van der Waals surface area contributed by atoms with E-state index in [1.165, 1.54) is 12.3 Å². The number of aliphatic hydroxyl groups is 1. The van der Waals surface area contributed by atoms with E-state index in [0.29, 0.717) is 17.3 Å². The molecule has 9 heteroatoms. The van der Waals surface area contributed by atoms with Gasteiger partial charge in [0.05, 0.1) is 23.3 Å². The fourth-order valence-electron chi connectivity index (χ4n) is 2.22. The van der Waals surface area contributed by atoms with Crippen molar-refractivity contribution in [3.8, 4) is 0 Å². The molecule has 23 heavy (non-hydrogen) atoms. The van der Waals surface area contributed by atoms with Crippen LogP contribution < -0.4 is 5.32 Å². The van der Waals surface area contributed by atoms with Gasteiger partial charge in [-0.1, -0.05) is 0 Å². The Bertz CT molecular complexity index is 658. The number of furan rings is 1. The molecule has 2 aliphatic heterocycles. The third kappa shape index (κ3) is 3.62. The Morgan fingerprint density at radius 2 is 2.30 bits per heavy atom. The SMILES string of the molecule is O=C(CN1C(=O)S/C(=C\c2ccco2)C1=O)N[C@H]1CSC[C@@H]1O. The second-order valence-corrected chi connectivity index (χ2v) is 7.13. The molecular formula is C14H14N2O5S2. The molecule has 7 nitrogen and oxygen atoms in total. The minimum atomic E-state index is -0.599. The molecule has 0 aliphatic carbocycles. The van der Waals surface area contributed by atoms with Gasteiger partial charge >= 0.3 is 0 Å². The van der Waals surface area contributed by atoms with E-state index < -0.39 is 23.2 Å². The van der Waals surface area contributed by atoms with Crippen molar-refractivity contribution in [2.45, 2.75) is 12.1 Å². The number of hydrogen-bond acceptors (Lipinski definition) is 7. The summed E-state index contributed by atoms with van der Waals surface area (Å²) in [6.07, 6.45) is 2.34. The monoisotopic (exact) mass is 354 g/mol. The maximum absolute atomic E-state index is 12.2. The topological polar surface area (TPSA) is 99.9 Å². The molecular weight excluding hydrogens is 340 g/mol. The van der Waals surface area contributed by atoms with Gasteiger partial charge in [0.15, 0.2) is 0 Å². The average molecular weight is 354 g/mol. The smallest absolute Gasteiger partial charge is 0.294 e. The minimum absolute atomic E-state index is 0.217. The van der Waals surface area contributed by atoms with Crippen molar-refractivity contribution in [1.82, 2.24) is 10.2 Å². The zero-order valence-corrected chi connectivity index (χ0v) is 13.6. The largest absolute Gasteiger partial charge is 0.465 e. The van der Waals surface area contributed by atoms with Crippen LogP contribution in [0.1, 0.15) is 5.76 Å². The van der Waals surface area contributed by atoms with E-state index in [1.54, 1.807) is 23.9 Å². The van der Waals surface area contributed by atoms with Crippen molar-refractivity contribution in [2.24, 2.45) is 0 Å². The van der Waals surface area contributed by atoms with Gasteiger partial charge in [0.2, 0.25) is 5.91 Å². The van der Waals surface area contributed by atoms with Gasteiger partial charge in [-0.2, -0.15) is 11.8 Å². The Hall–Kier alpha value is -1.71. The zero-order valence-electron chi connectivity index (χ0n) is 11.9. The number of amides is 3. The van der Waals surface area contributed by atoms with E-state index in [0.717, 1.165) is 16.7 Å². The minimum Gasteiger partial charge on any atom is -0.465 e. The van der Waals surface area contributed by atoms with Crippen LogP contribution in [-0.4, -0.2) is 57.3 Å². The van der Waals surface area contributed by atoms with Crippen LogP contribution in [0.2, 0.25) is 0 Å². The number of carbonyl (C=O) groups excluding carboxylic acids is 3. The van der Waals surface area contributed by atoms with E-state index in [1.807, 2.05) is 0 Å². The summed E-state index contributed by atoms with van der Waals surface area (Å²) in [5.74, 6) is 0.669. The molecule has 0 radical (unpaired) electrons. The summed E-state index contributed by atoms with van der Waals surface area (Å²) in [6.45, 7) is -0.353. The fraction of sp³-hybridized carbons (Fsp3) is 0.357. The van der Waals surface area contributed by atoms with E-state index >= 15 is 0 Å². The number of aliphatic hydroxyl groups excluding tert-OH is 1. The molecule has 1 aromatic rings. The van der Waals surface area contributed by atoms with Crippen molar-refractivity contribution in [1.29, 1.82) is 0 Å². The zero-order chi connectivity index (χ0) is 16.4. The van der Waals surface area contributed by atoms with Crippen molar-refractivity contribution in [3.05, 3.63) is 29.1 Å². The summed E-state index contributed by atoms with van der Waals surface area (Å²) < 4.78 is 5.11. The van der Waals surface area contributed by atoms with Crippen LogP contribution in [0.3, 0.4) is 0 Å². The molecule has 3 rings (SSSR count). The van der Waals surface area contributed by atoms with Crippen LogP contribution in [0.25, 0.3) is 6.08 Å². The Kier molecular flexibility index (Phi) is 4.79. The summed E-state index contributed by atoms with van der Waals surface area (Å²) in [7, 11) is 0. The van der Waals surface area contributed by atoms with Crippen LogP contribution in [0.4, 0.5) is 4.79 Å². The maximum Gasteiger partial charge on any atom is 0.294 e. The molecule has 0 aromatic carbocycles. The highest BCUT2D eigenvalue weighted by Crippen LogP contribution is 2.32. The van der Waals surface area contributed by atoms with Gasteiger partial charge in [-0.05, 0) is 23.9 Å². The molecule has 1 aromatic heterocycles. The van der Waals surface area contributed by atoms with Gasteiger partial charge in [-0.3, -0.25) is 19.3 Å². The molecule has 0 bridgehead atoms. The highest BCUT2D eigenvalue weighted by molar-refractivity contribution is 8.18. The van der Waals surface area contributed by atoms with E-state index in [2.05, 4.69) is 5.32 Å². The van der Waals surface area contributed by atoms with Gasteiger partial charge < -0.3 is 14.8 Å². The molecule has 2 fully saturated rings.